The Bertz CT molecular complexity index is 1360. The highest BCUT2D eigenvalue weighted by molar-refractivity contribution is 5.52. The quantitative estimate of drug-likeness (QED) is 0.227. The van der Waals surface area contributed by atoms with Gasteiger partial charge in [0, 0.05) is 17.8 Å². The van der Waals surface area contributed by atoms with Gasteiger partial charge < -0.3 is 20.9 Å². The Balaban J connectivity index is 1.08. The summed E-state index contributed by atoms with van der Waals surface area (Å²) in [6, 6.07) is 26.5. The molecule has 200 valence electrons. The van der Waals surface area contributed by atoms with Gasteiger partial charge in [-0.05, 0) is 120 Å². The van der Waals surface area contributed by atoms with E-state index in [0.717, 1.165) is 80.7 Å². The summed E-state index contributed by atoms with van der Waals surface area (Å²) in [4.78, 5) is 0. The average molecular weight is 519 g/mol. The van der Waals surface area contributed by atoms with Crippen molar-refractivity contribution in [3.63, 3.8) is 0 Å². The third-order valence-corrected chi connectivity index (χ3v) is 8.22. The van der Waals surface area contributed by atoms with Crippen molar-refractivity contribution in [1.82, 2.24) is 0 Å². The SMILES string of the molecule is Nc1cc2ccc1CCc1ccc(cc1OCCCOc1cc3ccc1CCc1ccc(cc1N)CC3)CC2. The number of aryl methyl sites for hydroxylation is 8. The third kappa shape index (κ3) is 6.06. The number of hydrogen-bond acceptors (Lipinski definition) is 4. The molecule has 4 aromatic carbocycles. The van der Waals surface area contributed by atoms with Gasteiger partial charge in [-0.15, -0.1) is 0 Å². The van der Waals surface area contributed by atoms with Crippen LogP contribution in [0.1, 0.15) is 50.9 Å². The molecule has 0 saturated carbocycles. The number of nitrogen functional groups attached to an aromatic ring is 2. The maximum atomic E-state index is 6.35. The third-order valence-electron chi connectivity index (χ3n) is 8.22. The van der Waals surface area contributed by atoms with E-state index in [1.807, 2.05) is 0 Å². The highest BCUT2D eigenvalue weighted by atomic mass is 16.5. The van der Waals surface area contributed by atoms with Gasteiger partial charge in [0.1, 0.15) is 11.5 Å². The monoisotopic (exact) mass is 518 g/mol. The van der Waals surface area contributed by atoms with Crippen molar-refractivity contribution < 1.29 is 9.47 Å². The van der Waals surface area contributed by atoms with Gasteiger partial charge in [0.05, 0.1) is 13.2 Å². The van der Waals surface area contributed by atoms with Gasteiger partial charge in [-0.25, -0.2) is 0 Å². The Hall–Kier alpha value is -3.92. The van der Waals surface area contributed by atoms with Gasteiger partial charge in [0.15, 0.2) is 0 Å². The molecule has 4 heteroatoms. The fourth-order valence-electron chi connectivity index (χ4n) is 5.79. The Morgan fingerprint density at radius 2 is 0.795 bits per heavy atom. The summed E-state index contributed by atoms with van der Waals surface area (Å²) in [5.41, 5.74) is 24.6. The standard InChI is InChI=1S/C35H38N2O2/c36-32-20-24-2-4-26-8-12-30(16-14-28(32)10-6-24)34(22-26)38-18-1-19-39-35-23-27-5-3-25-7-11-29(33(37)21-25)15-17-31(35)13-9-27/h6-13,20-23H,1-5,14-19,36-37H2. The predicted molar refractivity (Wildman–Crippen MR) is 160 cm³/mol. The van der Waals surface area contributed by atoms with Crippen LogP contribution in [-0.4, -0.2) is 13.2 Å². The highest BCUT2D eigenvalue weighted by Crippen LogP contribution is 2.28. The van der Waals surface area contributed by atoms with Crippen LogP contribution in [0.4, 0.5) is 11.4 Å². The summed E-state index contributed by atoms with van der Waals surface area (Å²) in [5.74, 6) is 2.00. The maximum absolute atomic E-state index is 6.35. The first-order valence-corrected chi connectivity index (χ1v) is 14.3. The number of benzene rings is 4. The highest BCUT2D eigenvalue weighted by Gasteiger charge is 2.13. The fraction of sp³-hybridized carbons (Fsp3) is 0.314. The lowest BCUT2D eigenvalue weighted by molar-refractivity contribution is 0.244. The molecule has 0 unspecified atom stereocenters. The molecule has 0 spiro atoms. The van der Waals surface area contributed by atoms with E-state index < -0.39 is 0 Å². The van der Waals surface area contributed by atoms with E-state index in [1.165, 1.54) is 44.5 Å². The molecular formula is C35H38N2O2. The minimum atomic E-state index is 0.629. The molecule has 0 aliphatic heterocycles. The zero-order chi connectivity index (χ0) is 26.6. The van der Waals surface area contributed by atoms with Gasteiger partial charge in [0.25, 0.3) is 0 Å². The Morgan fingerprint density at radius 3 is 1.21 bits per heavy atom. The normalized spacial score (nSPS) is 14.4. The number of anilines is 2. The van der Waals surface area contributed by atoms with Gasteiger partial charge in [-0.1, -0.05) is 48.5 Å². The van der Waals surface area contributed by atoms with Crippen molar-refractivity contribution in [1.29, 1.82) is 0 Å². The first kappa shape index (κ1) is 25.4. The van der Waals surface area contributed by atoms with E-state index >= 15 is 0 Å². The van der Waals surface area contributed by atoms with E-state index in [9.17, 15) is 0 Å². The minimum Gasteiger partial charge on any atom is -0.493 e. The van der Waals surface area contributed by atoms with Crippen LogP contribution in [-0.2, 0) is 51.4 Å². The van der Waals surface area contributed by atoms with Gasteiger partial charge in [-0.3, -0.25) is 0 Å². The van der Waals surface area contributed by atoms with Crippen LogP contribution >= 0.6 is 0 Å². The van der Waals surface area contributed by atoms with E-state index in [2.05, 4.69) is 72.8 Å². The molecule has 39 heavy (non-hydrogen) atoms. The molecule has 4 aromatic rings. The molecule has 0 fully saturated rings. The molecule has 0 radical (unpaired) electrons. The van der Waals surface area contributed by atoms with Crippen molar-refractivity contribution in [2.45, 2.75) is 57.8 Å². The summed E-state index contributed by atoms with van der Waals surface area (Å²) in [5, 5.41) is 0. The number of rotatable bonds is 6. The zero-order valence-electron chi connectivity index (χ0n) is 22.7. The van der Waals surface area contributed by atoms with Crippen molar-refractivity contribution >= 4 is 11.4 Å². The molecule has 4 nitrogen and oxygen atoms in total. The Kier molecular flexibility index (Phi) is 7.44. The van der Waals surface area contributed by atoms with E-state index in [1.54, 1.807) is 0 Å². The van der Waals surface area contributed by atoms with Crippen LogP contribution < -0.4 is 20.9 Å². The Labute approximate surface area is 232 Å². The summed E-state index contributed by atoms with van der Waals surface area (Å²) >= 11 is 0. The number of ether oxygens (including phenoxy) is 2. The van der Waals surface area contributed by atoms with Crippen LogP contribution in [0.2, 0.25) is 0 Å². The molecule has 0 aromatic heterocycles. The molecule has 0 saturated heterocycles. The van der Waals surface area contributed by atoms with Crippen LogP contribution in [0.5, 0.6) is 11.5 Å². The van der Waals surface area contributed by atoms with Crippen LogP contribution in [0.15, 0.2) is 72.8 Å². The van der Waals surface area contributed by atoms with Crippen LogP contribution in [0.25, 0.3) is 0 Å². The van der Waals surface area contributed by atoms with Gasteiger partial charge in [0.2, 0.25) is 0 Å². The largest absolute Gasteiger partial charge is 0.493 e. The predicted octanol–water partition coefficient (Wildman–Crippen LogP) is 6.47. The zero-order valence-corrected chi connectivity index (χ0v) is 22.7. The van der Waals surface area contributed by atoms with Crippen molar-refractivity contribution in [3.8, 4) is 11.5 Å². The molecule has 0 heterocycles. The van der Waals surface area contributed by atoms with E-state index in [4.69, 9.17) is 20.9 Å². The molecule has 4 N–H and O–H groups in total. The summed E-state index contributed by atoms with van der Waals surface area (Å²) in [6.07, 6.45) is 8.42. The first-order chi connectivity index (χ1) is 19.1. The Morgan fingerprint density at radius 1 is 0.436 bits per heavy atom. The smallest absolute Gasteiger partial charge is 0.122 e. The van der Waals surface area contributed by atoms with Crippen molar-refractivity contribution in [2.24, 2.45) is 0 Å². The van der Waals surface area contributed by atoms with Crippen molar-refractivity contribution in [3.05, 3.63) is 117 Å². The molecule has 8 aliphatic rings. The van der Waals surface area contributed by atoms with Gasteiger partial charge >= 0.3 is 0 Å². The van der Waals surface area contributed by atoms with Crippen LogP contribution in [0, 0.1) is 0 Å². The average Bonchev–Trinajstić information content (AvgIpc) is 2.93. The van der Waals surface area contributed by atoms with Crippen molar-refractivity contribution in [2.75, 3.05) is 24.7 Å². The molecule has 8 aliphatic carbocycles. The van der Waals surface area contributed by atoms with E-state index in [-0.39, 0.29) is 0 Å². The first-order valence-electron chi connectivity index (χ1n) is 14.3. The summed E-state index contributed by atoms with van der Waals surface area (Å²) in [7, 11) is 0. The number of hydrogen-bond donors (Lipinski definition) is 2. The topological polar surface area (TPSA) is 70.5 Å². The second kappa shape index (κ2) is 11.4. The molecule has 12 rings (SSSR count). The van der Waals surface area contributed by atoms with E-state index in [0.29, 0.717) is 13.2 Å². The summed E-state index contributed by atoms with van der Waals surface area (Å²) < 4.78 is 12.7. The molecule has 0 atom stereocenters. The number of nitrogens with two attached hydrogens (primary N) is 2. The molecule has 0 amide bonds. The maximum Gasteiger partial charge on any atom is 0.122 e. The van der Waals surface area contributed by atoms with Gasteiger partial charge in [-0.2, -0.15) is 0 Å². The second-order valence-electron chi connectivity index (χ2n) is 11.0. The fourth-order valence-corrected chi connectivity index (χ4v) is 5.79. The lowest BCUT2D eigenvalue weighted by Gasteiger charge is -2.17. The molecular weight excluding hydrogens is 480 g/mol. The lowest BCUT2D eigenvalue weighted by Crippen LogP contribution is -2.09. The summed E-state index contributed by atoms with van der Waals surface area (Å²) in [6.45, 7) is 1.26. The second-order valence-corrected chi connectivity index (χ2v) is 11.0. The minimum absolute atomic E-state index is 0.629. The lowest BCUT2D eigenvalue weighted by atomic mass is 9.95. The molecule has 8 bridgehead atoms. The van der Waals surface area contributed by atoms with Crippen LogP contribution in [0.3, 0.4) is 0 Å².